The van der Waals surface area contributed by atoms with E-state index in [4.69, 9.17) is 14.2 Å². The SMILES string of the molecule is COc1ccc2nc(/C(C#N)=C\c3cc(Br)c(OCc4cccc([N+](=O)[O-])c4)c(OC)c3)[nH]c2c1. The lowest BCUT2D eigenvalue weighted by atomic mass is 10.1. The lowest BCUT2D eigenvalue weighted by Gasteiger charge is -2.14. The van der Waals surface area contributed by atoms with Crippen molar-refractivity contribution in [3.05, 3.63) is 86.1 Å². The minimum absolute atomic E-state index is 0.00863. The van der Waals surface area contributed by atoms with Crippen molar-refractivity contribution in [1.82, 2.24) is 9.97 Å². The molecule has 1 heterocycles. The van der Waals surface area contributed by atoms with Gasteiger partial charge in [-0.2, -0.15) is 5.26 Å². The lowest BCUT2D eigenvalue weighted by molar-refractivity contribution is -0.384. The van der Waals surface area contributed by atoms with Gasteiger partial charge in [-0.3, -0.25) is 10.1 Å². The van der Waals surface area contributed by atoms with E-state index in [1.54, 1.807) is 43.5 Å². The molecule has 0 aliphatic heterocycles. The summed E-state index contributed by atoms with van der Waals surface area (Å²) in [6.07, 6.45) is 1.69. The Bertz CT molecular complexity index is 1490. The highest BCUT2D eigenvalue weighted by molar-refractivity contribution is 9.10. The number of imidazole rings is 1. The molecule has 0 aliphatic rings. The van der Waals surface area contributed by atoms with Crippen LogP contribution < -0.4 is 14.2 Å². The minimum atomic E-state index is -0.452. The van der Waals surface area contributed by atoms with Crippen LogP contribution in [-0.4, -0.2) is 29.1 Å². The molecular weight excluding hydrogens is 516 g/mol. The van der Waals surface area contributed by atoms with Crippen LogP contribution in [0, 0.1) is 21.4 Å². The number of allylic oxidation sites excluding steroid dienone is 1. The van der Waals surface area contributed by atoms with Crippen LogP contribution in [0.3, 0.4) is 0 Å². The van der Waals surface area contributed by atoms with Crippen molar-refractivity contribution >= 4 is 44.3 Å². The number of nitro benzene ring substituents is 1. The number of benzene rings is 3. The zero-order chi connectivity index (χ0) is 24.9. The molecule has 0 bridgehead atoms. The van der Waals surface area contributed by atoms with Crippen LogP contribution in [0.25, 0.3) is 22.7 Å². The molecule has 0 radical (unpaired) electrons. The summed E-state index contributed by atoms with van der Waals surface area (Å²) >= 11 is 3.50. The Labute approximate surface area is 208 Å². The highest BCUT2D eigenvalue weighted by Gasteiger charge is 2.15. The Morgan fingerprint density at radius 2 is 2.03 bits per heavy atom. The van der Waals surface area contributed by atoms with Gasteiger partial charge in [0.25, 0.3) is 5.69 Å². The third kappa shape index (κ3) is 5.26. The predicted molar refractivity (Wildman–Crippen MR) is 134 cm³/mol. The maximum atomic E-state index is 11.0. The van der Waals surface area contributed by atoms with Crippen molar-refractivity contribution in [2.45, 2.75) is 6.61 Å². The summed E-state index contributed by atoms with van der Waals surface area (Å²) in [5.74, 6) is 1.98. The first-order chi connectivity index (χ1) is 16.9. The number of nitriles is 1. The fraction of sp³-hybridized carbons (Fsp3) is 0.120. The van der Waals surface area contributed by atoms with Gasteiger partial charge in [0.2, 0.25) is 0 Å². The molecule has 1 aromatic heterocycles. The summed E-state index contributed by atoms with van der Waals surface area (Å²) in [7, 11) is 3.09. The number of H-pyrrole nitrogens is 1. The van der Waals surface area contributed by atoms with E-state index >= 15 is 0 Å². The standard InChI is InChI=1S/C25H19BrN4O5/c1-33-19-6-7-21-22(12-19)29-25(28-21)17(13-27)8-16-10-20(26)24(23(11-16)34-2)35-14-15-4-3-5-18(9-15)30(31)32/h3-12H,14H2,1-2H3,(H,28,29)/b17-8-. The van der Waals surface area contributed by atoms with E-state index in [1.807, 2.05) is 12.1 Å². The number of aromatic amines is 1. The van der Waals surface area contributed by atoms with Crippen molar-refractivity contribution in [1.29, 1.82) is 5.26 Å². The number of ether oxygens (including phenoxy) is 3. The van der Waals surface area contributed by atoms with Crippen LogP contribution >= 0.6 is 15.9 Å². The smallest absolute Gasteiger partial charge is 0.269 e. The number of rotatable bonds is 8. The van der Waals surface area contributed by atoms with Crippen molar-refractivity contribution in [3.8, 4) is 23.3 Å². The third-order valence-corrected chi connectivity index (χ3v) is 5.72. The molecule has 0 unspecified atom stereocenters. The van der Waals surface area contributed by atoms with E-state index in [9.17, 15) is 15.4 Å². The van der Waals surface area contributed by atoms with Crippen LogP contribution in [0.1, 0.15) is 17.0 Å². The number of methoxy groups -OCH3 is 2. The van der Waals surface area contributed by atoms with E-state index in [0.717, 1.165) is 5.52 Å². The van der Waals surface area contributed by atoms with Gasteiger partial charge in [-0.05, 0) is 57.4 Å². The molecule has 3 aromatic carbocycles. The molecule has 0 atom stereocenters. The Kier molecular flexibility index (Phi) is 6.98. The van der Waals surface area contributed by atoms with Gasteiger partial charge in [-0.15, -0.1) is 0 Å². The number of aromatic nitrogens is 2. The van der Waals surface area contributed by atoms with Gasteiger partial charge in [0.1, 0.15) is 24.3 Å². The van der Waals surface area contributed by atoms with Gasteiger partial charge in [0.15, 0.2) is 11.5 Å². The summed E-state index contributed by atoms with van der Waals surface area (Å²) in [4.78, 5) is 18.2. The second-order valence-electron chi connectivity index (χ2n) is 7.39. The Balaban J connectivity index is 1.62. The van der Waals surface area contributed by atoms with Crippen molar-refractivity contribution in [2.24, 2.45) is 0 Å². The topological polar surface area (TPSA) is 123 Å². The summed E-state index contributed by atoms with van der Waals surface area (Å²) in [5, 5.41) is 20.8. The first-order valence-electron chi connectivity index (χ1n) is 10.3. The van der Waals surface area contributed by atoms with Crippen molar-refractivity contribution in [2.75, 3.05) is 14.2 Å². The number of fused-ring (bicyclic) bond motifs is 1. The van der Waals surface area contributed by atoms with E-state index in [2.05, 4.69) is 32.0 Å². The number of nitro groups is 1. The minimum Gasteiger partial charge on any atom is -0.497 e. The summed E-state index contributed by atoms with van der Waals surface area (Å²) < 4.78 is 17.2. The van der Waals surface area contributed by atoms with E-state index in [1.165, 1.54) is 19.2 Å². The molecule has 4 aromatic rings. The van der Waals surface area contributed by atoms with E-state index < -0.39 is 4.92 Å². The molecule has 35 heavy (non-hydrogen) atoms. The number of halogens is 1. The number of nitrogens with one attached hydrogen (secondary N) is 1. The van der Waals surface area contributed by atoms with Crippen LogP contribution in [-0.2, 0) is 6.61 Å². The quantitative estimate of drug-likeness (QED) is 0.169. The van der Waals surface area contributed by atoms with Gasteiger partial charge in [-0.25, -0.2) is 4.98 Å². The highest BCUT2D eigenvalue weighted by Crippen LogP contribution is 2.38. The van der Waals surface area contributed by atoms with Gasteiger partial charge < -0.3 is 19.2 Å². The zero-order valence-corrected chi connectivity index (χ0v) is 20.3. The maximum Gasteiger partial charge on any atom is 0.269 e. The van der Waals surface area contributed by atoms with Gasteiger partial charge in [-0.1, -0.05) is 12.1 Å². The highest BCUT2D eigenvalue weighted by atomic mass is 79.9. The summed E-state index contributed by atoms with van der Waals surface area (Å²) in [6, 6.07) is 17.4. The molecule has 1 N–H and O–H groups in total. The maximum absolute atomic E-state index is 11.0. The average Bonchev–Trinajstić information content (AvgIpc) is 3.29. The predicted octanol–water partition coefficient (Wildman–Crippen LogP) is 5.89. The molecule has 4 rings (SSSR count). The van der Waals surface area contributed by atoms with Crippen LogP contribution in [0.4, 0.5) is 5.69 Å². The second-order valence-corrected chi connectivity index (χ2v) is 8.24. The molecule has 176 valence electrons. The van der Waals surface area contributed by atoms with Gasteiger partial charge in [0, 0.05) is 18.2 Å². The number of hydrogen-bond acceptors (Lipinski definition) is 7. The monoisotopic (exact) mass is 534 g/mol. The largest absolute Gasteiger partial charge is 0.497 e. The van der Waals surface area contributed by atoms with Crippen molar-refractivity contribution in [3.63, 3.8) is 0 Å². The normalized spacial score (nSPS) is 11.2. The zero-order valence-electron chi connectivity index (χ0n) is 18.7. The number of nitrogens with zero attached hydrogens (tertiary/aromatic N) is 3. The third-order valence-electron chi connectivity index (χ3n) is 5.13. The Hall–Kier alpha value is -4.36. The first-order valence-corrected chi connectivity index (χ1v) is 11.1. The Morgan fingerprint density at radius 1 is 1.20 bits per heavy atom. The molecule has 0 amide bonds. The molecule has 0 aliphatic carbocycles. The molecule has 10 heteroatoms. The van der Waals surface area contributed by atoms with E-state index in [-0.39, 0.29) is 12.3 Å². The molecule has 0 fully saturated rings. The van der Waals surface area contributed by atoms with Crippen molar-refractivity contribution < 1.29 is 19.1 Å². The first kappa shape index (κ1) is 23.8. The van der Waals surface area contributed by atoms with Crippen LogP contribution in [0.2, 0.25) is 0 Å². The average molecular weight is 535 g/mol. The summed E-state index contributed by atoms with van der Waals surface area (Å²) in [6.45, 7) is 0.109. The molecule has 0 spiro atoms. The lowest BCUT2D eigenvalue weighted by Crippen LogP contribution is -2.00. The fourth-order valence-electron chi connectivity index (χ4n) is 3.44. The molecule has 9 nitrogen and oxygen atoms in total. The summed E-state index contributed by atoms with van der Waals surface area (Å²) in [5.41, 5.74) is 3.12. The molecule has 0 saturated heterocycles. The van der Waals surface area contributed by atoms with Gasteiger partial charge in [0.05, 0.1) is 40.2 Å². The molecule has 0 saturated carbocycles. The van der Waals surface area contributed by atoms with Crippen LogP contribution in [0.5, 0.6) is 17.2 Å². The van der Waals surface area contributed by atoms with Crippen LogP contribution in [0.15, 0.2) is 59.1 Å². The Morgan fingerprint density at radius 3 is 2.74 bits per heavy atom. The van der Waals surface area contributed by atoms with E-state index in [0.29, 0.717) is 49.8 Å². The molecular formula is C25H19BrN4O5. The van der Waals surface area contributed by atoms with Gasteiger partial charge >= 0.3 is 0 Å². The second kappa shape index (κ2) is 10.3. The fourth-order valence-corrected chi connectivity index (χ4v) is 4.02. The number of hydrogen-bond donors (Lipinski definition) is 1. The number of non-ortho nitro benzene ring substituents is 1.